The molecule has 3 rings (SSSR count). The molecule has 7 heteroatoms. The molecular formula is C19H22FN3O3. The molecular weight excluding hydrogens is 337 g/mol. The minimum absolute atomic E-state index is 0.0139. The molecule has 3 N–H and O–H groups in total. The number of benzene rings is 1. The minimum Gasteiger partial charge on any atom is -0.472 e. The molecule has 0 spiro atoms. The Morgan fingerprint density at radius 1 is 1.35 bits per heavy atom. The van der Waals surface area contributed by atoms with Gasteiger partial charge >= 0.3 is 0 Å². The summed E-state index contributed by atoms with van der Waals surface area (Å²) in [5.41, 5.74) is 6.58. The van der Waals surface area contributed by atoms with Crippen molar-refractivity contribution < 1.29 is 18.4 Å². The third-order valence-corrected chi connectivity index (χ3v) is 4.84. The molecule has 1 aromatic carbocycles. The van der Waals surface area contributed by atoms with Gasteiger partial charge in [0.05, 0.1) is 23.1 Å². The van der Waals surface area contributed by atoms with Crippen LogP contribution in [0.15, 0.2) is 41.2 Å². The minimum atomic E-state index is -0.537. The van der Waals surface area contributed by atoms with Crippen LogP contribution >= 0.6 is 0 Å². The Bertz CT molecular complexity index is 817. The van der Waals surface area contributed by atoms with Crippen molar-refractivity contribution in [1.29, 1.82) is 0 Å². The van der Waals surface area contributed by atoms with Gasteiger partial charge in [-0.2, -0.15) is 0 Å². The highest BCUT2D eigenvalue weighted by atomic mass is 19.1. The van der Waals surface area contributed by atoms with Crippen LogP contribution in [0.1, 0.15) is 41.0 Å². The number of hydrogen-bond donors (Lipinski definition) is 2. The van der Waals surface area contributed by atoms with Crippen molar-refractivity contribution in [2.75, 3.05) is 18.4 Å². The van der Waals surface area contributed by atoms with Gasteiger partial charge in [-0.1, -0.05) is 13.8 Å². The fourth-order valence-corrected chi connectivity index (χ4v) is 3.11. The Labute approximate surface area is 151 Å². The first-order chi connectivity index (χ1) is 12.3. The van der Waals surface area contributed by atoms with Gasteiger partial charge in [0, 0.05) is 19.1 Å². The number of hydrogen-bond acceptors (Lipinski definition) is 4. The van der Waals surface area contributed by atoms with Crippen LogP contribution in [-0.2, 0) is 0 Å². The second-order valence-electron chi connectivity index (χ2n) is 7.27. The highest BCUT2D eigenvalue weighted by molar-refractivity contribution is 6.08. The summed E-state index contributed by atoms with van der Waals surface area (Å²) >= 11 is 0. The van der Waals surface area contributed by atoms with E-state index in [1.165, 1.54) is 30.7 Å². The predicted octanol–water partition coefficient (Wildman–Crippen LogP) is 2.87. The van der Waals surface area contributed by atoms with Crippen LogP contribution in [-0.4, -0.2) is 35.8 Å². The lowest BCUT2D eigenvalue weighted by Gasteiger charge is -2.42. The Kier molecular flexibility index (Phi) is 4.82. The maximum absolute atomic E-state index is 13.7. The summed E-state index contributed by atoms with van der Waals surface area (Å²) in [5.74, 6) is -1.27. The largest absolute Gasteiger partial charge is 0.472 e. The Balaban J connectivity index is 1.85. The fourth-order valence-electron chi connectivity index (χ4n) is 3.11. The molecule has 0 bridgehead atoms. The molecule has 1 aliphatic heterocycles. The smallest absolute Gasteiger partial charge is 0.258 e. The Morgan fingerprint density at radius 3 is 2.77 bits per heavy atom. The van der Waals surface area contributed by atoms with Gasteiger partial charge in [-0.05, 0) is 36.1 Å². The quantitative estimate of drug-likeness (QED) is 0.882. The lowest BCUT2D eigenvalue weighted by atomic mass is 9.79. The van der Waals surface area contributed by atoms with Gasteiger partial charge in [-0.3, -0.25) is 9.59 Å². The molecule has 1 atom stereocenters. The molecule has 0 aliphatic carbocycles. The van der Waals surface area contributed by atoms with Crippen LogP contribution in [0.25, 0.3) is 0 Å². The molecule has 1 saturated heterocycles. The van der Waals surface area contributed by atoms with E-state index in [1.807, 2.05) is 13.8 Å². The zero-order valence-corrected chi connectivity index (χ0v) is 14.8. The number of likely N-dealkylation sites (tertiary alicyclic amines) is 1. The van der Waals surface area contributed by atoms with E-state index >= 15 is 0 Å². The maximum atomic E-state index is 13.7. The van der Waals surface area contributed by atoms with Gasteiger partial charge < -0.3 is 20.4 Å². The van der Waals surface area contributed by atoms with Gasteiger partial charge in [-0.15, -0.1) is 0 Å². The van der Waals surface area contributed by atoms with E-state index in [0.717, 1.165) is 6.07 Å². The lowest BCUT2D eigenvalue weighted by Crippen LogP contribution is -2.54. The van der Waals surface area contributed by atoms with Gasteiger partial charge in [0.15, 0.2) is 0 Å². The monoisotopic (exact) mass is 359 g/mol. The van der Waals surface area contributed by atoms with E-state index in [2.05, 4.69) is 5.32 Å². The van der Waals surface area contributed by atoms with Gasteiger partial charge in [0.1, 0.15) is 12.1 Å². The standard InChI is InChI=1S/C19H22FN3O3/c1-19(2)11-23(7-5-16(19)21)18(25)14-4-3-13(20)9-15(14)22-17(24)12-6-8-26-10-12/h3-4,6,8-10,16H,5,7,11,21H2,1-2H3,(H,22,24). The summed E-state index contributed by atoms with van der Waals surface area (Å²) in [6, 6.07) is 5.25. The van der Waals surface area contributed by atoms with Crippen LogP contribution in [0.5, 0.6) is 0 Å². The van der Waals surface area contributed by atoms with Crippen molar-refractivity contribution in [2.24, 2.45) is 11.1 Å². The molecule has 1 unspecified atom stereocenters. The number of anilines is 1. The van der Waals surface area contributed by atoms with Gasteiger partial charge in [0.2, 0.25) is 0 Å². The second-order valence-corrected chi connectivity index (χ2v) is 7.27. The number of nitrogens with two attached hydrogens (primary N) is 1. The summed E-state index contributed by atoms with van der Waals surface area (Å²) in [5, 5.41) is 2.59. The van der Waals surface area contributed by atoms with Crippen LogP contribution in [0.2, 0.25) is 0 Å². The first-order valence-corrected chi connectivity index (χ1v) is 8.46. The number of piperidine rings is 1. The highest BCUT2D eigenvalue weighted by Crippen LogP contribution is 2.30. The number of halogens is 1. The number of carbonyl (C=O) groups is 2. The first kappa shape index (κ1) is 18.1. The topological polar surface area (TPSA) is 88.6 Å². The number of rotatable bonds is 3. The Morgan fingerprint density at radius 2 is 2.12 bits per heavy atom. The number of furan rings is 1. The van der Waals surface area contributed by atoms with Crippen LogP contribution < -0.4 is 11.1 Å². The molecule has 2 heterocycles. The van der Waals surface area contributed by atoms with Crippen molar-refractivity contribution in [3.8, 4) is 0 Å². The molecule has 0 saturated carbocycles. The summed E-state index contributed by atoms with van der Waals surface area (Å²) in [6.45, 7) is 5.06. The van der Waals surface area contributed by atoms with Crippen molar-refractivity contribution in [2.45, 2.75) is 26.3 Å². The van der Waals surface area contributed by atoms with E-state index < -0.39 is 11.7 Å². The number of amides is 2. The first-order valence-electron chi connectivity index (χ1n) is 8.46. The molecule has 1 fully saturated rings. The average molecular weight is 359 g/mol. The van der Waals surface area contributed by atoms with Crippen molar-refractivity contribution in [3.63, 3.8) is 0 Å². The third kappa shape index (κ3) is 3.62. The summed E-state index contributed by atoms with van der Waals surface area (Å²) in [4.78, 5) is 26.9. The van der Waals surface area contributed by atoms with E-state index in [-0.39, 0.29) is 34.2 Å². The molecule has 2 amide bonds. The molecule has 1 aromatic heterocycles. The summed E-state index contributed by atoms with van der Waals surface area (Å²) in [6.07, 6.45) is 3.34. The molecule has 6 nitrogen and oxygen atoms in total. The Hall–Kier alpha value is -2.67. The van der Waals surface area contributed by atoms with Gasteiger partial charge in [0.25, 0.3) is 11.8 Å². The van der Waals surface area contributed by atoms with Gasteiger partial charge in [-0.25, -0.2) is 4.39 Å². The van der Waals surface area contributed by atoms with E-state index in [1.54, 1.807) is 4.90 Å². The third-order valence-electron chi connectivity index (χ3n) is 4.84. The van der Waals surface area contributed by atoms with Crippen LogP contribution in [0.4, 0.5) is 10.1 Å². The molecule has 1 aliphatic rings. The maximum Gasteiger partial charge on any atom is 0.258 e. The van der Waals surface area contributed by atoms with E-state index in [0.29, 0.717) is 19.5 Å². The number of nitrogens with one attached hydrogen (secondary N) is 1. The normalized spacial score (nSPS) is 19.2. The zero-order chi connectivity index (χ0) is 18.9. The zero-order valence-electron chi connectivity index (χ0n) is 14.8. The SMILES string of the molecule is CC1(C)CN(C(=O)c2ccc(F)cc2NC(=O)c2ccoc2)CCC1N. The van der Waals surface area contributed by atoms with E-state index in [4.69, 9.17) is 10.2 Å². The second kappa shape index (κ2) is 6.92. The fraction of sp³-hybridized carbons (Fsp3) is 0.368. The molecule has 0 radical (unpaired) electrons. The molecule has 138 valence electrons. The summed E-state index contributed by atoms with van der Waals surface area (Å²) < 4.78 is 18.6. The highest BCUT2D eigenvalue weighted by Gasteiger charge is 2.36. The van der Waals surface area contributed by atoms with E-state index in [9.17, 15) is 14.0 Å². The average Bonchev–Trinajstić information content (AvgIpc) is 3.11. The predicted molar refractivity (Wildman–Crippen MR) is 95.3 cm³/mol. The van der Waals surface area contributed by atoms with Crippen LogP contribution in [0, 0.1) is 11.2 Å². The molecule has 26 heavy (non-hydrogen) atoms. The van der Waals surface area contributed by atoms with Crippen molar-refractivity contribution in [3.05, 3.63) is 53.7 Å². The van der Waals surface area contributed by atoms with Crippen molar-refractivity contribution >= 4 is 17.5 Å². The van der Waals surface area contributed by atoms with Crippen LogP contribution in [0.3, 0.4) is 0 Å². The summed E-state index contributed by atoms with van der Waals surface area (Å²) in [7, 11) is 0. The van der Waals surface area contributed by atoms with Crippen molar-refractivity contribution in [1.82, 2.24) is 4.90 Å². The lowest BCUT2D eigenvalue weighted by molar-refractivity contribution is 0.0534. The number of nitrogens with zero attached hydrogens (tertiary/aromatic N) is 1. The number of carbonyl (C=O) groups excluding carboxylic acids is 2. The molecule has 2 aromatic rings.